The number of ether oxygens (including phenoxy) is 3. The molecule has 8 nitrogen and oxygen atoms in total. The minimum Gasteiger partial charge on any atom is -0.467 e. The number of anilines is 2. The second-order valence-electron chi connectivity index (χ2n) is 11.7. The molecule has 3 atom stereocenters. The second kappa shape index (κ2) is 13.1. The molecule has 11 heteroatoms. The van der Waals surface area contributed by atoms with Crippen LogP contribution in [0, 0.1) is 17.8 Å². The number of nitrogen functional groups attached to an aromatic ring is 1. The molecule has 3 fully saturated rings. The number of benzene rings is 1. The first-order chi connectivity index (χ1) is 20.6. The molecule has 6 rings (SSSR count). The first-order valence-corrected chi connectivity index (χ1v) is 14.8. The van der Waals surface area contributed by atoms with Crippen LogP contribution in [0.3, 0.4) is 0 Å². The third-order valence-electron chi connectivity index (χ3n) is 8.31. The molecule has 3 unspecified atom stereocenters. The fourth-order valence-corrected chi connectivity index (χ4v) is 6.47. The average Bonchev–Trinajstić information content (AvgIpc) is 3.46. The topological polar surface area (TPSA) is 86.0 Å². The lowest BCUT2D eigenvalue weighted by Crippen LogP contribution is -2.32. The van der Waals surface area contributed by atoms with E-state index in [0.29, 0.717) is 31.3 Å². The minimum atomic E-state index is -4.62. The maximum Gasteiger partial charge on any atom is 0.417 e. The van der Waals surface area contributed by atoms with E-state index in [1.165, 1.54) is 64.1 Å². The summed E-state index contributed by atoms with van der Waals surface area (Å²) in [7, 11) is 1.46. The summed E-state index contributed by atoms with van der Waals surface area (Å²) in [6.45, 7) is 12.7. The van der Waals surface area contributed by atoms with Crippen LogP contribution < -0.4 is 15.4 Å². The number of hydrogen-bond donors (Lipinski definition) is 1. The Morgan fingerprint density at radius 1 is 1.19 bits per heavy atom. The molecule has 3 saturated heterocycles. The molecule has 5 heterocycles. The molecule has 43 heavy (non-hydrogen) atoms. The van der Waals surface area contributed by atoms with Gasteiger partial charge in [0.15, 0.2) is 0 Å². The predicted molar refractivity (Wildman–Crippen MR) is 159 cm³/mol. The van der Waals surface area contributed by atoms with Gasteiger partial charge in [-0.05, 0) is 56.3 Å². The van der Waals surface area contributed by atoms with E-state index >= 15 is 0 Å². The molecule has 0 aliphatic carbocycles. The molecule has 1 aromatic heterocycles. The van der Waals surface area contributed by atoms with Gasteiger partial charge in [-0.3, -0.25) is 4.90 Å². The Hall–Kier alpha value is -3.33. The summed E-state index contributed by atoms with van der Waals surface area (Å²) < 4.78 is 59.2. The molecule has 0 saturated carbocycles. The van der Waals surface area contributed by atoms with Crippen LogP contribution in [-0.4, -0.2) is 67.4 Å². The number of halogens is 3. The Labute approximate surface area is 251 Å². The fraction of sp³-hybridized carbons (Fsp3) is 0.562. The van der Waals surface area contributed by atoms with Crippen molar-refractivity contribution in [2.45, 2.75) is 64.5 Å². The van der Waals surface area contributed by atoms with Crippen LogP contribution >= 0.6 is 0 Å². The van der Waals surface area contributed by atoms with E-state index in [9.17, 15) is 13.2 Å². The van der Waals surface area contributed by atoms with Gasteiger partial charge in [-0.15, -0.1) is 5.92 Å². The summed E-state index contributed by atoms with van der Waals surface area (Å²) in [5.41, 5.74) is 7.87. The third-order valence-corrected chi connectivity index (χ3v) is 8.31. The van der Waals surface area contributed by atoms with Crippen LogP contribution in [0.25, 0.3) is 0 Å². The maximum atomic E-state index is 14.1. The highest BCUT2D eigenvalue weighted by atomic mass is 19.4. The Balaban J connectivity index is 0.000000345. The monoisotopic (exact) mass is 599 g/mol. The Morgan fingerprint density at radius 3 is 2.72 bits per heavy atom. The van der Waals surface area contributed by atoms with Gasteiger partial charge in [0.2, 0.25) is 0 Å². The van der Waals surface area contributed by atoms with Gasteiger partial charge in [0, 0.05) is 48.9 Å². The fourth-order valence-electron chi connectivity index (χ4n) is 6.47. The normalized spacial score (nSPS) is 23.8. The molecule has 232 valence electrons. The summed E-state index contributed by atoms with van der Waals surface area (Å²) in [4.78, 5) is 13.7. The standard InChI is InChI=1S/C24H27F3N4O3.C8H13N/c1-4-5-15-8-16(28)9-17(21(15)24(25,26)27)20-10-19-18(13-34-20)22(30-23(29-19)32-3)31-6-7-33-12-14(2)11-31;1-7-5-8-3-2-4-9(8)6-7/h8-9,14,20H,6-7,10-13,28H2,1-3H3;8H,1-6H2. The van der Waals surface area contributed by atoms with Gasteiger partial charge >= 0.3 is 12.2 Å². The SMILES string of the molecule is C=C1CC2CCCN2C1.CC#Cc1cc(N)cc(C2Cc3nc(OC)nc(N4CCOCC(C)C4)c3CO2)c1C(F)(F)F. The summed E-state index contributed by atoms with van der Waals surface area (Å²) in [5, 5.41) is 0. The van der Waals surface area contributed by atoms with E-state index in [2.05, 4.69) is 45.1 Å². The number of alkyl halides is 3. The van der Waals surface area contributed by atoms with E-state index < -0.39 is 17.8 Å². The Kier molecular flexibility index (Phi) is 9.49. The zero-order valence-electron chi connectivity index (χ0n) is 25.1. The summed E-state index contributed by atoms with van der Waals surface area (Å²) in [6, 6.07) is 3.60. The second-order valence-corrected chi connectivity index (χ2v) is 11.7. The lowest BCUT2D eigenvalue weighted by molar-refractivity contribution is -0.140. The quantitative estimate of drug-likeness (QED) is 0.295. The van der Waals surface area contributed by atoms with Gasteiger partial charge in [0.1, 0.15) is 5.82 Å². The van der Waals surface area contributed by atoms with Crippen molar-refractivity contribution in [3.63, 3.8) is 0 Å². The van der Waals surface area contributed by atoms with Crippen LogP contribution in [0.2, 0.25) is 0 Å². The maximum absolute atomic E-state index is 14.1. The van der Waals surface area contributed by atoms with Crippen molar-refractivity contribution in [1.29, 1.82) is 0 Å². The van der Waals surface area contributed by atoms with E-state index in [-0.39, 0.29) is 41.8 Å². The molecule has 2 aromatic rings. The summed E-state index contributed by atoms with van der Waals surface area (Å²) in [6.07, 6.45) is -1.30. The van der Waals surface area contributed by atoms with Crippen LogP contribution in [0.4, 0.5) is 24.7 Å². The number of nitrogens with two attached hydrogens (primary N) is 1. The van der Waals surface area contributed by atoms with Crippen molar-refractivity contribution >= 4 is 11.5 Å². The number of hydrogen-bond acceptors (Lipinski definition) is 8. The number of rotatable bonds is 3. The lowest BCUT2D eigenvalue weighted by Gasteiger charge is -2.32. The summed E-state index contributed by atoms with van der Waals surface area (Å²) >= 11 is 0. The van der Waals surface area contributed by atoms with Crippen LogP contribution in [-0.2, 0) is 28.7 Å². The molecule has 0 amide bonds. The zero-order chi connectivity index (χ0) is 30.7. The first-order valence-electron chi connectivity index (χ1n) is 14.8. The molecule has 4 aliphatic rings. The smallest absolute Gasteiger partial charge is 0.417 e. The van der Waals surface area contributed by atoms with Gasteiger partial charge < -0.3 is 24.8 Å². The Bertz CT molecular complexity index is 1390. The molecular weight excluding hydrogens is 559 g/mol. The van der Waals surface area contributed by atoms with Crippen molar-refractivity contribution in [3.8, 4) is 17.9 Å². The van der Waals surface area contributed by atoms with E-state index in [1.807, 2.05) is 0 Å². The third kappa shape index (κ3) is 7.08. The number of methoxy groups -OCH3 is 1. The molecule has 0 radical (unpaired) electrons. The highest BCUT2D eigenvalue weighted by Crippen LogP contribution is 2.43. The van der Waals surface area contributed by atoms with E-state index in [4.69, 9.17) is 19.9 Å². The first kappa shape index (κ1) is 31.1. The highest BCUT2D eigenvalue weighted by molar-refractivity contribution is 5.58. The van der Waals surface area contributed by atoms with Crippen molar-refractivity contribution in [3.05, 3.63) is 52.2 Å². The van der Waals surface area contributed by atoms with Crippen molar-refractivity contribution in [1.82, 2.24) is 14.9 Å². The molecule has 0 bridgehead atoms. The molecule has 2 N–H and O–H groups in total. The molecule has 4 aliphatic heterocycles. The van der Waals surface area contributed by atoms with Crippen molar-refractivity contribution in [2.75, 3.05) is 57.1 Å². The van der Waals surface area contributed by atoms with Gasteiger partial charge in [-0.25, -0.2) is 0 Å². The predicted octanol–water partition coefficient (Wildman–Crippen LogP) is 5.16. The van der Waals surface area contributed by atoms with Gasteiger partial charge in [-0.2, -0.15) is 23.1 Å². The van der Waals surface area contributed by atoms with Gasteiger partial charge in [0.05, 0.1) is 44.3 Å². The highest BCUT2D eigenvalue weighted by Gasteiger charge is 2.40. The zero-order valence-corrected chi connectivity index (χ0v) is 25.1. The van der Waals surface area contributed by atoms with E-state index in [0.717, 1.165) is 18.2 Å². The number of fused-ring (bicyclic) bond motifs is 2. The lowest BCUT2D eigenvalue weighted by atomic mass is 9.91. The number of nitrogens with zero attached hydrogens (tertiary/aromatic N) is 4. The van der Waals surface area contributed by atoms with Crippen LogP contribution in [0.1, 0.15) is 67.2 Å². The van der Waals surface area contributed by atoms with Crippen molar-refractivity contribution in [2.24, 2.45) is 5.92 Å². The van der Waals surface area contributed by atoms with Crippen LogP contribution in [0.5, 0.6) is 6.01 Å². The van der Waals surface area contributed by atoms with Crippen LogP contribution in [0.15, 0.2) is 24.3 Å². The van der Waals surface area contributed by atoms with Gasteiger partial charge in [-0.1, -0.05) is 25.0 Å². The largest absolute Gasteiger partial charge is 0.467 e. The van der Waals surface area contributed by atoms with Crippen molar-refractivity contribution < 1.29 is 27.4 Å². The summed E-state index contributed by atoms with van der Waals surface area (Å²) in [5.74, 6) is 6.02. The Morgan fingerprint density at radius 2 is 2.00 bits per heavy atom. The number of aromatic nitrogens is 2. The van der Waals surface area contributed by atoms with E-state index in [1.54, 1.807) is 0 Å². The average molecular weight is 600 g/mol. The minimum absolute atomic E-state index is 0.0492. The molecular formula is C32H40F3N5O3. The van der Waals surface area contributed by atoms with Gasteiger partial charge in [0.25, 0.3) is 0 Å². The molecule has 1 aromatic carbocycles. The molecule has 0 spiro atoms.